The van der Waals surface area contributed by atoms with Crippen LogP contribution < -0.4 is 0 Å². The Balaban J connectivity index is 2.25. The van der Waals surface area contributed by atoms with Gasteiger partial charge in [-0.15, -0.1) is 0 Å². The number of nitrogens with zero attached hydrogens (tertiary/aromatic N) is 2. The average Bonchev–Trinajstić information content (AvgIpc) is 3.18. The summed E-state index contributed by atoms with van der Waals surface area (Å²) in [4.78, 5) is 5.36. The Morgan fingerprint density at radius 1 is 0.406 bits per heavy atom. The number of unbranched alkanes of at least 4 members (excludes halogenated alkanes) is 18. The molecule has 0 aliphatic carbocycles. The van der Waals surface area contributed by atoms with Crippen molar-refractivity contribution in [3.8, 4) is 0 Å². The first kappa shape index (κ1) is 29.4. The van der Waals surface area contributed by atoms with Crippen molar-refractivity contribution < 1.29 is 0 Å². The first-order valence-electron chi connectivity index (χ1n) is 15.0. The van der Waals surface area contributed by atoms with Gasteiger partial charge in [-0.05, 0) is 25.7 Å². The normalized spacial score (nSPS) is 15.9. The van der Waals surface area contributed by atoms with Crippen LogP contribution in [0.4, 0.5) is 0 Å². The highest BCUT2D eigenvalue weighted by Crippen LogP contribution is 2.23. The minimum absolute atomic E-state index is 0.644. The average molecular weight is 449 g/mol. The Kier molecular flexibility index (Phi) is 20.3. The summed E-state index contributed by atoms with van der Waals surface area (Å²) in [5.74, 6) is 0. The molecule has 0 bridgehead atoms. The number of hydrogen-bond donors (Lipinski definition) is 0. The zero-order chi connectivity index (χ0) is 23.1. The summed E-state index contributed by atoms with van der Waals surface area (Å²) in [6.45, 7) is 9.46. The molecule has 1 unspecified atom stereocenters. The van der Waals surface area contributed by atoms with E-state index < -0.39 is 0 Å². The van der Waals surface area contributed by atoms with Crippen LogP contribution in [0.3, 0.4) is 0 Å². The lowest BCUT2D eigenvalue weighted by Gasteiger charge is -2.33. The lowest BCUT2D eigenvalue weighted by molar-refractivity contribution is 0.135. The molecule has 0 saturated carbocycles. The molecule has 1 rings (SSSR count). The Morgan fingerprint density at radius 2 is 0.719 bits per heavy atom. The summed E-state index contributed by atoms with van der Waals surface area (Å²) in [5.41, 5.74) is 0. The van der Waals surface area contributed by atoms with Crippen LogP contribution in [0.2, 0.25) is 0 Å². The zero-order valence-electron chi connectivity index (χ0n) is 22.6. The van der Waals surface area contributed by atoms with Crippen molar-refractivity contribution >= 4 is 0 Å². The molecule has 0 fully saturated rings. The largest absolute Gasteiger partial charge is 0.356 e. The fourth-order valence-corrected chi connectivity index (χ4v) is 5.13. The van der Waals surface area contributed by atoms with Crippen molar-refractivity contribution in [2.24, 2.45) is 0 Å². The monoisotopic (exact) mass is 448 g/mol. The fourth-order valence-electron chi connectivity index (χ4n) is 5.13. The molecular weight excluding hydrogens is 388 g/mol. The van der Waals surface area contributed by atoms with Crippen molar-refractivity contribution in [1.29, 1.82) is 0 Å². The van der Waals surface area contributed by atoms with Gasteiger partial charge in [0.1, 0.15) is 6.17 Å². The van der Waals surface area contributed by atoms with E-state index in [4.69, 9.17) is 0 Å². The smallest absolute Gasteiger partial charge is 0.101 e. The first-order chi connectivity index (χ1) is 15.8. The molecule has 0 amide bonds. The zero-order valence-corrected chi connectivity index (χ0v) is 22.6. The fraction of sp³-hybridized carbons (Fsp3) is 0.933. The molecule has 0 radical (unpaired) electrons. The lowest BCUT2D eigenvalue weighted by atomic mass is 10.1. The molecule has 1 atom stereocenters. The van der Waals surface area contributed by atoms with E-state index in [1.165, 1.54) is 154 Å². The second-order valence-corrected chi connectivity index (χ2v) is 10.4. The molecule has 0 aromatic heterocycles. The Bertz CT molecular complexity index is 406. The summed E-state index contributed by atoms with van der Waals surface area (Å²) in [7, 11) is 0. The predicted molar refractivity (Wildman–Crippen MR) is 145 cm³/mol. The quantitative estimate of drug-likeness (QED) is 0.135. The maximum atomic E-state index is 2.68. The molecule has 1 aliphatic heterocycles. The van der Waals surface area contributed by atoms with E-state index in [0.29, 0.717) is 6.17 Å². The first-order valence-corrected chi connectivity index (χ1v) is 15.0. The van der Waals surface area contributed by atoms with E-state index in [1.54, 1.807) is 0 Å². The minimum atomic E-state index is 0.644. The van der Waals surface area contributed by atoms with Gasteiger partial charge >= 0.3 is 0 Å². The highest BCUT2D eigenvalue weighted by atomic mass is 15.4. The number of rotatable bonds is 24. The second-order valence-electron chi connectivity index (χ2n) is 10.4. The van der Waals surface area contributed by atoms with E-state index >= 15 is 0 Å². The van der Waals surface area contributed by atoms with Crippen LogP contribution in [-0.4, -0.2) is 29.1 Å². The molecule has 0 aromatic rings. The third kappa shape index (κ3) is 15.2. The molecule has 32 heavy (non-hydrogen) atoms. The van der Waals surface area contributed by atoms with Crippen LogP contribution in [0.15, 0.2) is 12.4 Å². The van der Waals surface area contributed by atoms with Crippen molar-refractivity contribution in [2.75, 3.05) is 13.1 Å². The van der Waals surface area contributed by atoms with Gasteiger partial charge in [0, 0.05) is 25.5 Å². The van der Waals surface area contributed by atoms with Crippen molar-refractivity contribution in [2.45, 2.75) is 168 Å². The standard InChI is InChI=1S/C30H60N2/c1-4-7-10-13-15-16-18-21-24-27-32-29-28-31(26-23-20-17-14-11-8-5-2)30(32)25-22-19-12-9-6-3/h28-30H,4-27H2,1-3H3. The predicted octanol–water partition coefficient (Wildman–Crippen LogP) is 10.0. The minimum Gasteiger partial charge on any atom is -0.356 e. The van der Waals surface area contributed by atoms with Crippen LogP contribution in [0.5, 0.6) is 0 Å². The van der Waals surface area contributed by atoms with E-state index in [-0.39, 0.29) is 0 Å². The van der Waals surface area contributed by atoms with Gasteiger partial charge in [0.25, 0.3) is 0 Å². The number of hydrogen-bond acceptors (Lipinski definition) is 2. The van der Waals surface area contributed by atoms with Gasteiger partial charge < -0.3 is 9.80 Å². The summed E-state index contributed by atoms with van der Waals surface area (Å²) >= 11 is 0. The van der Waals surface area contributed by atoms with Crippen molar-refractivity contribution in [1.82, 2.24) is 9.80 Å². The molecule has 1 heterocycles. The molecule has 0 N–H and O–H groups in total. The Labute approximate surface area is 203 Å². The van der Waals surface area contributed by atoms with Crippen molar-refractivity contribution in [3.05, 3.63) is 12.4 Å². The molecule has 1 aliphatic rings. The van der Waals surface area contributed by atoms with E-state index in [0.717, 1.165) is 0 Å². The Morgan fingerprint density at radius 3 is 1.09 bits per heavy atom. The van der Waals surface area contributed by atoms with Gasteiger partial charge in [-0.2, -0.15) is 0 Å². The third-order valence-corrected chi connectivity index (χ3v) is 7.32. The lowest BCUT2D eigenvalue weighted by Crippen LogP contribution is -2.39. The summed E-state index contributed by atoms with van der Waals surface area (Å²) in [6, 6.07) is 0. The van der Waals surface area contributed by atoms with Gasteiger partial charge in [-0.1, -0.05) is 136 Å². The van der Waals surface area contributed by atoms with Gasteiger partial charge in [-0.3, -0.25) is 0 Å². The molecule has 2 heteroatoms. The molecule has 0 spiro atoms. The van der Waals surface area contributed by atoms with Crippen LogP contribution in [0.1, 0.15) is 162 Å². The van der Waals surface area contributed by atoms with Crippen LogP contribution in [0, 0.1) is 0 Å². The van der Waals surface area contributed by atoms with E-state index in [1.807, 2.05) is 0 Å². The van der Waals surface area contributed by atoms with Crippen LogP contribution in [-0.2, 0) is 0 Å². The van der Waals surface area contributed by atoms with Gasteiger partial charge in [0.05, 0.1) is 0 Å². The van der Waals surface area contributed by atoms with Crippen LogP contribution >= 0.6 is 0 Å². The summed E-state index contributed by atoms with van der Waals surface area (Å²) < 4.78 is 0. The molecular formula is C30H60N2. The van der Waals surface area contributed by atoms with Gasteiger partial charge in [0.2, 0.25) is 0 Å². The second kappa shape index (κ2) is 22.1. The van der Waals surface area contributed by atoms with Crippen molar-refractivity contribution in [3.63, 3.8) is 0 Å². The highest BCUT2D eigenvalue weighted by molar-refractivity contribution is 4.97. The highest BCUT2D eigenvalue weighted by Gasteiger charge is 2.24. The molecule has 0 aromatic carbocycles. The van der Waals surface area contributed by atoms with Gasteiger partial charge in [-0.25, -0.2) is 0 Å². The maximum absolute atomic E-state index is 2.68. The topological polar surface area (TPSA) is 6.48 Å². The van der Waals surface area contributed by atoms with Crippen LogP contribution in [0.25, 0.3) is 0 Å². The molecule has 0 saturated heterocycles. The summed E-state index contributed by atoms with van der Waals surface area (Å²) in [5, 5.41) is 0. The van der Waals surface area contributed by atoms with Gasteiger partial charge in [0.15, 0.2) is 0 Å². The molecule has 190 valence electrons. The Hall–Kier alpha value is -0.660. The third-order valence-electron chi connectivity index (χ3n) is 7.32. The maximum Gasteiger partial charge on any atom is 0.101 e. The van der Waals surface area contributed by atoms with E-state index in [2.05, 4.69) is 43.0 Å². The van der Waals surface area contributed by atoms with E-state index in [9.17, 15) is 0 Å². The SMILES string of the molecule is CCCCCCCCCCCN1C=CN(CCCCCCCCC)C1CCCCCCC. The summed E-state index contributed by atoms with van der Waals surface area (Å²) in [6.07, 6.45) is 36.5. The molecule has 2 nitrogen and oxygen atoms in total.